The average molecular weight is 230 g/mol. The monoisotopic (exact) mass is 230 g/mol. The Kier molecular flexibility index (Phi) is 5.55. The maximum absolute atomic E-state index is 11.4. The lowest BCUT2D eigenvalue weighted by Gasteiger charge is -2.31. The number of amides is 1. The second kappa shape index (κ2) is 6.70. The number of carbonyl (C=O) groups is 1. The fourth-order valence-electron chi connectivity index (χ4n) is 1.82. The van der Waals surface area contributed by atoms with Gasteiger partial charge in [0.1, 0.15) is 0 Å². The van der Waals surface area contributed by atoms with Crippen LogP contribution in [0.5, 0.6) is 0 Å². The highest BCUT2D eigenvalue weighted by molar-refractivity contribution is 5.67. The lowest BCUT2D eigenvalue weighted by atomic mass is 10.1. The van der Waals surface area contributed by atoms with Crippen molar-refractivity contribution < 1.29 is 14.6 Å². The smallest absolute Gasteiger partial charge is 0.409 e. The molecule has 1 heterocycles. The van der Waals surface area contributed by atoms with Crippen LogP contribution in [0.3, 0.4) is 0 Å². The molecule has 1 atom stereocenters. The molecule has 1 saturated heterocycles. The van der Waals surface area contributed by atoms with Crippen LogP contribution in [0.25, 0.3) is 0 Å². The first kappa shape index (κ1) is 13.3. The summed E-state index contributed by atoms with van der Waals surface area (Å²) in [4.78, 5) is 13.2. The van der Waals surface area contributed by atoms with Crippen LogP contribution in [0.2, 0.25) is 0 Å². The highest BCUT2D eigenvalue weighted by Crippen LogP contribution is 2.11. The van der Waals surface area contributed by atoms with Crippen LogP contribution >= 0.6 is 0 Å². The van der Waals surface area contributed by atoms with Crippen molar-refractivity contribution >= 4 is 6.09 Å². The third kappa shape index (κ3) is 4.37. The minimum absolute atomic E-state index is 0.212. The van der Waals surface area contributed by atoms with Gasteiger partial charge in [0.2, 0.25) is 0 Å². The van der Waals surface area contributed by atoms with Crippen molar-refractivity contribution in [2.45, 2.75) is 38.8 Å². The van der Waals surface area contributed by atoms with Gasteiger partial charge in [0.25, 0.3) is 0 Å². The Balaban J connectivity index is 2.20. The number of ether oxygens (including phenoxy) is 1. The summed E-state index contributed by atoms with van der Waals surface area (Å²) in [5.41, 5.74) is 0. The van der Waals surface area contributed by atoms with E-state index in [1.807, 2.05) is 6.92 Å². The summed E-state index contributed by atoms with van der Waals surface area (Å²) in [5.74, 6) is 0. The summed E-state index contributed by atoms with van der Waals surface area (Å²) in [6.07, 6.45) is 1.32. The molecule has 0 aromatic carbocycles. The minimum Gasteiger partial charge on any atom is -0.450 e. The molecule has 1 fully saturated rings. The van der Waals surface area contributed by atoms with Crippen molar-refractivity contribution in [3.8, 4) is 0 Å². The quantitative estimate of drug-likeness (QED) is 0.741. The van der Waals surface area contributed by atoms with Gasteiger partial charge in [-0.1, -0.05) is 0 Å². The normalized spacial score (nSPS) is 19.6. The van der Waals surface area contributed by atoms with Crippen molar-refractivity contribution in [1.82, 2.24) is 10.2 Å². The number of nitrogens with one attached hydrogen (secondary N) is 1. The number of hydrogen-bond acceptors (Lipinski definition) is 4. The third-order valence-corrected chi connectivity index (χ3v) is 2.72. The van der Waals surface area contributed by atoms with E-state index in [9.17, 15) is 4.79 Å². The van der Waals surface area contributed by atoms with E-state index in [4.69, 9.17) is 9.84 Å². The molecule has 5 nitrogen and oxygen atoms in total. The molecule has 0 aliphatic carbocycles. The molecule has 0 saturated carbocycles. The molecule has 1 aliphatic heterocycles. The number of rotatable bonds is 4. The fraction of sp³-hybridized carbons (Fsp3) is 0.909. The molecule has 0 radical (unpaired) electrons. The average Bonchev–Trinajstić information content (AvgIpc) is 2.27. The van der Waals surface area contributed by atoms with E-state index in [-0.39, 0.29) is 12.2 Å². The minimum atomic E-state index is -0.317. The Morgan fingerprint density at radius 3 is 2.69 bits per heavy atom. The number of aliphatic hydroxyl groups is 1. The van der Waals surface area contributed by atoms with Crippen molar-refractivity contribution in [2.24, 2.45) is 0 Å². The van der Waals surface area contributed by atoms with Gasteiger partial charge in [-0.05, 0) is 26.7 Å². The summed E-state index contributed by atoms with van der Waals surface area (Å²) in [7, 11) is 0. The lowest BCUT2D eigenvalue weighted by molar-refractivity contribution is 0.0933. The Morgan fingerprint density at radius 2 is 2.19 bits per heavy atom. The molecule has 1 aliphatic rings. The fourth-order valence-corrected chi connectivity index (χ4v) is 1.82. The Bertz CT molecular complexity index is 213. The molecule has 0 spiro atoms. The molecule has 2 N–H and O–H groups in total. The summed E-state index contributed by atoms with van der Waals surface area (Å²) in [6.45, 7) is 6.09. The first-order valence-corrected chi connectivity index (χ1v) is 5.96. The largest absolute Gasteiger partial charge is 0.450 e. The second-order valence-corrected chi connectivity index (χ2v) is 4.22. The van der Waals surface area contributed by atoms with Gasteiger partial charge in [-0.3, -0.25) is 0 Å². The van der Waals surface area contributed by atoms with E-state index in [2.05, 4.69) is 5.32 Å². The highest BCUT2D eigenvalue weighted by atomic mass is 16.6. The number of aliphatic hydroxyl groups excluding tert-OH is 1. The van der Waals surface area contributed by atoms with Crippen LogP contribution in [-0.4, -0.2) is 54.5 Å². The van der Waals surface area contributed by atoms with Gasteiger partial charge >= 0.3 is 6.09 Å². The van der Waals surface area contributed by atoms with Crippen molar-refractivity contribution in [1.29, 1.82) is 0 Å². The van der Waals surface area contributed by atoms with Crippen LogP contribution in [-0.2, 0) is 4.74 Å². The maximum atomic E-state index is 11.4. The molecule has 16 heavy (non-hydrogen) atoms. The van der Waals surface area contributed by atoms with E-state index in [0.717, 1.165) is 25.9 Å². The molecule has 5 heteroatoms. The SMILES string of the molecule is CCOC(=O)N1CCC(NCC(C)O)CC1. The molecule has 1 amide bonds. The van der Waals surface area contributed by atoms with E-state index in [1.165, 1.54) is 0 Å². The van der Waals surface area contributed by atoms with Gasteiger partial charge in [-0.25, -0.2) is 4.79 Å². The number of carbonyl (C=O) groups excluding carboxylic acids is 1. The Hall–Kier alpha value is -0.810. The number of hydrogen-bond donors (Lipinski definition) is 2. The van der Waals surface area contributed by atoms with Crippen molar-refractivity contribution in [3.05, 3.63) is 0 Å². The second-order valence-electron chi connectivity index (χ2n) is 4.22. The zero-order valence-electron chi connectivity index (χ0n) is 10.1. The molecule has 1 unspecified atom stereocenters. The summed E-state index contributed by atoms with van der Waals surface area (Å²) in [5, 5.41) is 12.4. The summed E-state index contributed by atoms with van der Waals surface area (Å²) in [6, 6.07) is 0.403. The van der Waals surface area contributed by atoms with Gasteiger partial charge in [-0.2, -0.15) is 0 Å². The Labute approximate surface area is 96.8 Å². The number of piperidine rings is 1. The van der Waals surface area contributed by atoms with E-state index < -0.39 is 0 Å². The summed E-state index contributed by atoms with van der Waals surface area (Å²) < 4.78 is 4.94. The topological polar surface area (TPSA) is 61.8 Å². The van der Waals surface area contributed by atoms with Crippen LogP contribution in [0.4, 0.5) is 4.79 Å². The van der Waals surface area contributed by atoms with E-state index in [0.29, 0.717) is 19.2 Å². The molecule has 0 bridgehead atoms. The third-order valence-electron chi connectivity index (χ3n) is 2.72. The predicted molar refractivity (Wildman–Crippen MR) is 61.3 cm³/mol. The van der Waals surface area contributed by atoms with Gasteiger partial charge < -0.3 is 20.1 Å². The molecular formula is C11H22N2O3. The van der Waals surface area contributed by atoms with Gasteiger partial charge in [-0.15, -0.1) is 0 Å². The first-order chi connectivity index (χ1) is 7.63. The number of nitrogens with zero attached hydrogens (tertiary/aromatic N) is 1. The lowest BCUT2D eigenvalue weighted by Crippen LogP contribution is -2.46. The molecule has 1 rings (SSSR count). The zero-order valence-corrected chi connectivity index (χ0v) is 10.1. The molecule has 94 valence electrons. The standard InChI is InChI=1S/C11H22N2O3/c1-3-16-11(15)13-6-4-10(5-7-13)12-8-9(2)14/h9-10,12,14H,3-8H2,1-2H3. The molecule has 0 aromatic rings. The van der Waals surface area contributed by atoms with Crippen molar-refractivity contribution in [3.63, 3.8) is 0 Å². The zero-order chi connectivity index (χ0) is 12.0. The first-order valence-electron chi connectivity index (χ1n) is 5.96. The maximum Gasteiger partial charge on any atom is 0.409 e. The van der Waals surface area contributed by atoms with Gasteiger partial charge in [0.15, 0.2) is 0 Å². The van der Waals surface area contributed by atoms with Gasteiger partial charge in [0.05, 0.1) is 12.7 Å². The molecular weight excluding hydrogens is 208 g/mol. The van der Waals surface area contributed by atoms with Crippen LogP contribution in [0.15, 0.2) is 0 Å². The van der Waals surface area contributed by atoms with Gasteiger partial charge in [0, 0.05) is 25.7 Å². The predicted octanol–water partition coefficient (Wildman–Crippen LogP) is 0.578. The van der Waals surface area contributed by atoms with Crippen LogP contribution < -0.4 is 5.32 Å². The summed E-state index contributed by atoms with van der Waals surface area (Å²) >= 11 is 0. The van der Waals surface area contributed by atoms with E-state index >= 15 is 0 Å². The van der Waals surface area contributed by atoms with Crippen LogP contribution in [0, 0.1) is 0 Å². The van der Waals surface area contributed by atoms with E-state index in [1.54, 1.807) is 11.8 Å². The van der Waals surface area contributed by atoms with Crippen LogP contribution in [0.1, 0.15) is 26.7 Å². The van der Waals surface area contributed by atoms with Crippen molar-refractivity contribution in [2.75, 3.05) is 26.2 Å². The Morgan fingerprint density at radius 1 is 1.56 bits per heavy atom. The number of likely N-dealkylation sites (tertiary alicyclic amines) is 1. The highest BCUT2D eigenvalue weighted by Gasteiger charge is 2.23. The molecule has 0 aromatic heterocycles.